The van der Waals surface area contributed by atoms with Gasteiger partial charge >= 0.3 is 0 Å². The first-order chi connectivity index (χ1) is 17.9. The zero-order valence-corrected chi connectivity index (χ0v) is 23.4. The van der Waals surface area contributed by atoms with E-state index in [-0.39, 0.29) is 29.8 Å². The Bertz CT molecular complexity index is 1170. The van der Waals surface area contributed by atoms with Crippen LogP contribution in [-0.4, -0.2) is 40.4 Å². The lowest BCUT2D eigenvalue weighted by atomic mass is 10.1. The van der Waals surface area contributed by atoms with Gasteiger partial charge in [-0.3, -0.25) is 9.59 Å². The largest absolute Gasteiger partial charge is 0.382 e. The highest BCUT2D eigenvalue weighted by molar-refractivity contribution is 7.16. The highest BCUT2D eigenvalue weighted by Gasteiger charge is 2.23. The van der Waals surface area contributed by atoms with Gasteiger partial charge in [-0.05, 0) is 58.2 Å². The van der Waals surface area contributed by atoms with Gasteiger partial charge in [-0.15, -0.1) is 11.3 Å². The number of nitrogens with zero attached hydrogens (tertiary/aromatic N) is 2. The molecule has 0 aliphatic heterocycles. The Balaban J connectivity index is 0.00000186. The molecule has 200 valence electrons. The molecule has 4 N–H and O–H groups in total. The normalized spacial score (nSPS) is 14.1. The summed E-state index contributed by atoms with van der Waals surface area (Å²) >= 11 is 1.59. The summed E-state index contributed by atoms with van der Waals surface area (Å²) in [6, 6.07) is 7.99. The molecule has 1 fully saturated rings. The molecule has 2 aromatic heterocycles. The molecule has 1 aliphatic rings. The van der Waals surface area contributed by atoms with Gasteiger partial charge in [0.15, 0.2) is 0 Å². The van der Waals surface area contributed by atoms with Gasteiger partial charge in [0.05, 0.1) is 27.0 Å². The van der Waals surface area contributed by atoms with Crippen LogP contribution in [0.25, 0.3) is 10.2 Å². The minimum atomic E-state index is -0.187. The maximum absolute atomic E-state index is 12.9. The molecule has 1 aliphatic carbocycles. The van der Waals surface area contributed by atoms with Gasteiger partial charge in [0, 0.05) is 42.5 Å². The fraction of sp³-hybridized carbons (Fsp3) is 0.500. The van der Waals surface area contributed by atoms with Crippen molar-refractivity contribution in [3.8, 4) is 0 Å². The van der Waals surface area contributed by atoms with Gasteiger partial charge in [-0.25, -0.2) is 9.97 Å². The van der Waals surface area contributed by atoms with E-state index in [4.69, 9.17) is 0 Å². The second-order valence-corrected chi connectivity index (χ2v) is 10.4. The molecule has 1 aromatic carbocycles. The Kier molecular flexibility index (Phi) is 10.7. The number of amides is 2. The molecule has 2 amide bonds. The monoisotopic (exact) mass is 524 g/mol. The summed E-state index contributed by atoms with van der Waals surface area (Å²) in [4.78, 5) is 34.0. The number of rotatable bonds is 10. The number of hydrogen-bond acceptors (Lipinski definition) is 7. The topological polar surface area (TPSA) is 108 Å². The number of fused-ring (bicyclic) bond motifs is 1. The second kappa shape index (κ2) is 13.9. The van der Waals surface area contributed by atoms with Crippen LogP contribution >= 0.6 is 11.3 Å². The Labute approximate surface area is 224 Å². The molecule has 0 radical (unpaired) electrons. The summed E-state index contributed by atoms with van der Waals surface area (Å²) in [5, 5.41) is 12.7. The number of carbonyl (C=O) groups is 2. The van der Waals surface area contributed by atoms with Crippen LogP contribution < -0.4 is 21.3 Å². The van der Waals surface area contributed by atoms with Crippen molar-refractivity contribution in [3.63, 3.8) is 0 Å². The van der Waals surface area contributed by atoms with Crippen LogP contribution in [0.4, 0.5) is 17.2 Å². The Morgan fingerprint density at radius 3 is 2.57 bits per heavy atom. The number of hydrogen-bond donors (Lipinski definition) is 4. The first-order valence-electron chi connectivity index (χ1n) is 13.3. The lowest BCUT2D eigenvalue weighted by Gasteiger charge is -2.18. The third kappa shape index (κ3) is 8.15. The Morgan fingerprint density at radius 1 is 1.08 bits per heavy atom. The molecule has 0 saturated heterocycles. The van der Waals surface area contributed by atoms with E-state index < -0.39 is 0 Å². The maximum atomic E-state index is 12.9. The Hall–Kier alpha value is -3.20. The molecule has 37 heavy (non-hydrogen) atoms. The average Bonchev–Trinajstić information content (AvgIpc) is 3.57. The quantitative estimate of drug-likeness (QED) is 0.255. The molecule has 1 saturated carbocycles. The van der Waals surface area contributed by atoms with Crippen molar-refractivity contribution in [1.29, 1.82) is 0 Å². The van der Waals surface area contributed by atoms with E-state index in [1.807, 2.05) is 64.4 Å². The standard InChI is InChI=1S/C26H34N6O2S.C2H6/c1-16(2)30-22-13-24(32-19-8-9-21-23(12-19)35-15-29-21)28-14-20(22)26(34)27-11-10-17(3)31-25(33)18-6-4-5-7-18;1-2/h8-9,12-18H,4-7,10-11H2,1-3H3,(H,27,34)(H,31,33)(H2,28,30,32);1-2H3/t17-;/m1./s1. The van der Waals surface area contributed by atoms with E-state index in [9.17, 15) is 9.59 Å². The minimum Gasteiger partial charge on any atom is -0.382 e. The number of aromatic nitrogens is 2. The van der Waals surface area contributed by atoms with Crippen LogP contribution in [0.3, 0.4) is 0 Å². The van der Waals surface area contributed by atoms with Crippen molar-refractivity contribution in [2.45, 2.75) is 78.8 Å². The summed E-state index contributed by atoms with van der Waals surface area (Å²) in [7, 11) is 0. The van der Waals surface area contributed by atoms with Gasteiger partial charge < -0.3 is 21.3 Å². The van der Waals surface area contributed by atoms with Gasteiger partial charge in [-0.1, -0.05) is 26.7 Å². The molecular formula is C28H40N6O2S. The first kappa shape index (κ1) is 28.4. The summed E-state index contributed by atoms with van der Waals surface area (Å²) in [6.07, 6.45) is 6.51. The number of nitrogens with one attached hydrogen (secondary N) is 4. The average molecular weight is 525 g/mol. The lowest BCUT2D eigenvalue weighted by molar-refractivity contribution is -0.125. The van der Waals surface area contributed by atoms with Crippen molar-refractivity contribution in [2.24, 2.45) is 5.92 Å². The maximum Gasteiger partial charge on any atom is 0.254 e. The highest BCUT2D eigenvalue weighted by atomic mass is 32.1. The van der Waals surface area contributed by atoms with Crippen LogP contribution in [-0.2, 0) is 4.79 Å². The molecular weight excluding hydrogens is 484 g/mol. The van der Waals surface area contributed by atoms with Crippen LogP contribution in [0.1, 0.15) is 77.1 Å². The van der Waals surface area contributed by atoms with Crippen molar-refractivity contribution < 1.29 is 9.59 Å². The summed E-state index contributed by atoms with van der Waals surface area (Å²) < 4.78 is 1.10. The van der Waals surface area contributed by atoms with Crippen molar-refractivity contribution >= 4 is 50.6 Å². The third-order valence-electron chi connectivity index (χ3n) is 6.17. The van der Waals surface area contributed by atoms with Crippen LogP contribution in [0.15, 0.2) is 36.0 Å². The van der Waals surface area contributed by atoms with E-state index in [0.717, 1.165) is 47.3 Å². The van der Waals surface area contributed by atoms with E-state index in [0.29, 0.717) is 24.3 Å². The Morgan fingerprint density at radius 2 is 1.84 bits per heavy atom. The fourth-order valence-corrected chi connectivity index (χ4v) is 5.05. The van der Waals surface area contributed by atoms with E-state index >= 15 is 0 Å². The molecule has 1 atom stereocenters. The van der Waals surface area contributed by atoms with Crippen LogP contribution in [0.2, 0.25) is 0 Å². The number of carbonyl (C=O) groups excluding carboxylic acids is 2. The van der Waals surface area contributed by atoms with E-state index in [1.165, 1.54) is 0 Å². The summed E-state index contributed by atoms with van der Waals surface area (Å²) in [6.45, 7) is 10.5. The van der Waals surface area contributed by atoms with Crippen molar-refractivity contribution in [2.75, 3.05) is 17.2 Å². The number of thiazole rings is 1. The molecule has 8 nitrogen and oxygen atoms in total. The zero-order valence-electron chi connectivity index (χ0n) is 22.6. The predicted octanol–water partition coefficient (Wildman–Crippen LogP) is 6.10. The second-order valence-electron chi connectivity index (χ2n) is 9.51. The van der Waals surface area contributed by atoms with Gasteiger partial charge in [0.25, 0.3) is 5.91 Å². The molecule has 4 rings (SSSR count). The van der Waals surface area contributed by atoms with E-state index in [1.54, 1.807) is 17.5 Å². The summed E-state index contributed by atoms with van der Waals surface area (Å²) in [5.74, 6) is 0.759. The SMILES string of the molecule is CC.CC(C)Nc1cc(Nc2ccc3ncsc3c2)ncc1C(=O)NCC[C@@H](C)NC(=O)C1CCCC1. The van der Waals surface area contributed by atoms with Crippen molar-refractivity contribution in [3.05, 3.63) is 41.5 Å². The number of anilines is 3. The summed E-state index contributed by atoms with van der Waals surface area (Å²) in [5.41, 5.74) is 4.92. The lowest BCUT2D eigenvalue weighted by Crippen LogP contribution is -2.38. The van der Waals surface area contributed by atoms with Crippen molar-refractivity contribution in [1.82, 2.24) is 20.6 Å². The van der Waals surface area contributed by atoms with Crippen LogP contribution in [0, 0.1) is 5.92 Å². The highest BCUT2D eigenvalue weighted by Crippen LogP contribution is 2.27. The predicted molar refractivity (Wildman–Crippen MR) is 154 cm³/mol. The first-order valence-corrected chi connectivity index (χ1v) is 14.2. The van der Waals surface area contributed by atoms with Gasteiger partial charge in [0.1, 0.15) is 5.82 Å². The number of pyridine rings is 1. The molecule has 0 bridgehead atoms. The van der Waals surface area contributed by atoms with E-state index in [2.05, 4.69) is 31.2 Å². The smallest absolute Gasteiger partial charge is 0.254 e. The van der Waals surface area contributed by atoms with Gasteiger partial charge in [-0.2, -0.15) is 0 Å². The van der Waals surface area contributed by atoms with Gasteiger partial charge in [0.2, 0.25) is 5.91 Å². The van der Waals surface area contributed by atoms with Crippen LogP contribution in [0.5, 0.6) is 0 Å². The minimum absolute atomic E-state index is 0.0113. The third-order valence-corrected chi connectivity index (χ3v) is 6.97. The number of benzene rings is 1. The molecule has 2 heterocycles. The zero-order chi connectivity index (χ0) is 26.8. The molecule has 9 heteroatoms. The molecule has 3 aromatic rings. The fourth-order valence-electron chi connectivity index (χ4n) is 4.33. The molecule has 0 unspecified atom stereocenters. The molecule has 0 spiro atoms.